The summed E-state index contributed by atoms with van der Waals surface area (Å²) in [6.45, 7) is 0.552. The van der Waals surface area contributed by atoms with Gasteiger partial charge in [-0.05, 0) is 41.6 Å². The van der Waals surface area contributed by atoms with Gasteiger partial charge in [0, 0.05) is 5.56 Å². The lowest BCUT2D eigenvalue weighted by molar-refractivity contribution is 0.396. The van der Waals surface area contributed by atoms with Crippen molar-refractivity contribution in [3.8, 4) is 11.5 Å². The maximum atomic E-state index is 6.16. The van der Waals surface area contributed by atoms with Gasteiger partial charge in [0.1, 0.15) is 11.5 Å². The van der Waals surface area contributed by atoms with Crippen molar-refractivity contribution in [3.63, 3.8) is 0 Å². The van der Waals surface area contributed by atoms with Gasteiger partial charge >= 0.3 is 0 Å². The van der Waals surface area contributed by atoms with Crippen molar-refractivity contribution in [3.05, 3.63) is 20.2 Å². The van der Waals surface area contributed by atoms with Crippen molar-refractivity contribution in [2.24, 2.45) is 5.73 Å². The summed E-state index contributed by atoms with van der Waals surface area (Å²) in [5, 5.41) is 0.584. The van der Waals surface area contributed by atoms with E-state index in [0.29, 0.717) is 17.3 Å². The van der Waals surface area contributed by atoms with Gasteiger partial charge in [0.2, 0.25) is 0 Å². The van der Waals surface area contributed by atoms with Gasteiger partial charge in [-0.1, -0.05) is 11.6 Å². The third-order valence-electron chi connectivity index (χ3n) is 2.04. The summed E-state index contributed by atoms with van der Waals surface area (Å²) in [5.74, 6) is 1.44. The van der Waals surface area contributed by atoms with E-state index >= 15 is 0 Å². The third kappa shape index (κ3) is 2.68. The third-order valence-corrected chi connectivity index (χ3v) is 3.79. The minimum absolute atomic E-state index is 0.552. The molecule has 15 heavy (non-hydrogen) atoms. The summed E-state index contributed by atoms with van der Waals surface area (Å²) < 4.78 is 11.3. The molecule has 0 saturated carbocycles. The van der Waals surface area contributed by atoms with E-state index in [1.807, 2.05) is 6.07 Å². The molecule has 1 aromatic carbocycles. The minimum atomic E-state index is 0.552. The van der Waals surface area contributed by atoms with Gasteiger partial charge in [0.05, 0.1) is 22.8 Å². The van der Waals surface area contributed by atoms with Gasteiger partial charge in [0.15, 0.2) is 0 Å². The van der Waals surface area contributed by atoms with Crippen molar-refractivity contribution in [2.45, 2.75) is 6.42 Å². The van der Waals surface area contributed by atoms with Crippen LogP contribution in [0.4, 0.5) is 0 Å². The van der Waals surface area contributed by atoms with E-state index in [2.05, 4.69) is 22.6 Å². The molecular formula is C10H13ClINO2. The van der Waals surface area contributed by atoms with E-state index in [1.54, 1.807) is 14.2 Å². The minimum Gasteiger partial charge on any atom is -0.496 e. The normalized spacial score (nSPS) is 10.2. The fourth-order valence-corrected chi connectivity index (χ4v) is 2.26. The monoisotopic (exact) mass is 341 g/mol. The van der Waals surface area contributed by atoms with E-state index in [-0.39, 0.29) is 0 Å². The van der Waals surface area contributed by atoms with Crippen molar-refractivity contribution in [2.75, 3.05) is 20.8 Å². The molecule has 0 aliphatic rings. The molecule has 3 nitrogen and oxygen atoms in total. The van der Waals surface area contributed by atoms with Crippen LogP contribution in [-0.2, 0) is 6.42 Å². The summed E-state index contributed by atoms with van der Waals surface area (Å²) in [5.41, 5.74) is 6.50. The van der Waals surface area contributed by atoms with Crippen molar-refractivity contribution < 1.29 is 9.47 Å². The Kier molecular flexibility index (Phi) is 4.95. The van der Waals surface area contributed by atoms with Crippen LogP contribution < -0.4 is 15.2 Å². The predicted molar refractivity (Wildman–Crippen MR) is 70.0 cm³/mol. The molecule has 0 aliphatic carbocycles. The molecule has 1 rings (SSSR count). The van der Waals surface area contributed by atoms with E-state index in [0.717, 1.165) is 21.3 Å². The molecule has 0 spiro atoms. The second kappa shape index (κ2) is 5.77. The smallest absolute Gasteiger partial charge is 0.142 e. The molecular weight excluding hydrogens is 328 g/mol. The Hall–Kier alpha value is -0.200. The van der Waals surface area contributed by atoms with Crippen molar-refractivity contribution >= 4 is 34.2 Å². The van der Waals surface area contributed by atoms with Gasteiger partial charge < -0.3 is 15.2 Å². The first-order valence-corrected chi connectivity index (χ1v) is 5.90. The maximum Gasteiger partial charge on any atom is 0.142 e. The van der Waals surface area contributed by atoms with Crippen LogP contribution in [0.1, 0.15) is 5.56 Å². The second-order valence-electron chi connectivity index (χ2n) is 2.94. The van der Waals surface area contributed by atoms with Crippen molar-refractivity contribution in [1.82, 2.24) is 0 Å². The van der Waals surface area contributed by atoms with Gasteiger partial charge in [0.25, 0.3) is 0 Å². The number of halogens is 2. The standard InChI is InChI=1S/C10H13ClINO2/c1-14-7-5-6(3-4-13)10(15-2)8(11)9(7)12/h5H,3-4,13H2,1-2H3. The van der Waals surface area contributed by atoms with Gasteiger partial charge in [-0.25, -0.2) is 0 Å². The first-order chi connectivity index (χ1) is 7.15. The second-order valence-corrected chi connectivity index (χ2v) is 4.39. The summed E-state index contributed by atoms with van der Waals surface area (Å²) in [6.07, 6.45) is 0.718. The first kappa shape index (κ1) is 12.9. The molecule has 0 heterocycles. The van der Waals surface area contributed by atoms with Gasteiger partial charge in [-0.15, -0.1) is 0 Å². The number of rotatable bonds is 4. The highest BCUT2D eigenvalue weighted by Crippen LogP contribution is 2.39. The van der Waals surface area contributed by atoms with E-state index in [1.165, 1.54) is 0 Å². The molecule has 5 heteroatoms. The molecule has 0 atom stereocenters. The van der Waals surface area contributed by atoms with Crippen LogP contribution in [0, 0.1) is 3.57 Å². The van der Waals surface area contributed by atoms with Gasteiger partial charge in [-0.3, -0.25) is 0 Å². The summed E-state index contributed by atoms with van der Waals surface area (Å²) >= 11 is 8.30. The zero-order valence-electron chi connectivity index (χ0n) is 8.64. The lowest BCUT2D eigenvalue weighted by Crippen LogP contribution is -2.05. The van der Waals surface area contributed by atoms with Gasteiger partial charge in [-0.2, -0.15) is 0 Å². The number of nitrogens with two attached hydrogens (primary N) is 1. The molecule has 0 aliphatic heterocycles. The zero-order valence-corrected chi connectivity index (χ0v) is 11.6. The van der Waals surface area contributed by atoms with Crippen LogP contribution in [0.5, 0.6) is 11.5 Å². The highest BCUT2D eigenvalue weighted by atomic mass is 127. The highest BCUT2D eigenvalue weighted by Gasteiger charge is 2.15. The number of hydrogen-bond acceptors (Lipinski definition) is 3. The molecule has 2 N–H and O–H groups in total. The average molecular weight is 342 g/mol. The van der Waals surface area contributed by atoms with Crippen LogP contribution in [0.2, 0.25) is 5.02 Å². The molecule has 0 amide bonds. The van der Waals surface area contributed by atoms with Crippen LogP contribution in [-0.4, -0.2) is 20.8 Å². The summed E-state index contributed by atoms with van der Waals surface area (Å²) in [7, 11) is 3.22. The van der Waals surface area contributed by atoms with Crippen molar-refractivity contribution in [1.29, 1.82) is 0 Å². The first-order valence-electron chi connectivity index (χ1n) is 4.44. The fourth-order valence-electron chi connectivity index (χ4n) is 1.35. The number of benzene rings is 1. The molecule has 1 aromatic rings. The molecule has 84 valence electrons. The Bertz CT molecular complexity index is 358. The average Bonchev–Trinajstić information content (AvgIpc) is 2.24. The number of methoxy groups -OCH3 is 2. The summed E-state index contributed by atoms with van der Waals surface area (Å²) in [6, 6.07) is 1.92. The predicted octanol–water partition coefficient (Wildman–Crippen LogP) is 2.46. The maximum absolute atomic E-state index is 6.16. The van der Waals surface area contributed by atoms with Crippen LogP contribution in [0.25, 0.3) is 0 Å². The topological polar surface area (TPSA) is 44.5 Å². The Labute approximate surface area is 108 Å². The lowest BCUT2D eigenvalue weighted by atomic mass is 10.1. The Morgan fingerprint density at radius 2 is 2.07 bits per heavy atom. The molecule has 0 radical (unpaired) electrons. The molecule has 0 fully saturated rings. The van der Waals surface area contributed by atoms with E-state index in [4.69, 9.17) is 26.8 Å². The molecule has 0 saturated heterocycles. The molecule has 0 bridgehead atoms. The molecule has 0 unspecified atom stereocenters. The van der Waals surface area contributed by atoms with Crippen LogP contribution in [0.15, 0.2) is 6.07 Å². The van der Waals surface area contributed by atoms with E-state index in [9.17, 15) is 0 Å². The lowest BCUT2D eigenvalue weighted by Gasteiger charge is -2.14. The number of hydrogen-bond donors (Lipinski definition) is 1. The summed E-state index contributed by atoms with van der Waals surface area (Å²) in [4.78, 5) is 0. The Morgan fingerprint density at radius 1 is 1.40 bits per heavy atom. The number of ether oxygens (including phenoxy) is 2. The quantitative estimate of drug-likeness (QED) is 0.856. The van der Waals surface area contributed by atoms with Crippen LogP contribution in [0.3, 0.4) is 0 Å². The Morgan fingerprint density at radius 3 is 2.53 bits per heavy atom. The zero-order chi connectivity index (χ0) is 11.4. The fraction of sp³-hybridized carbons (Fsp3) is 0.400. The largest absolute Gasteiger partial charge is 0.496 e. The Balaban J connectivity index is 3.30. The highest BCUT2D eigenvalue weighted by molar-refractivity contribution is 14.1. The SMILES string of the molecule is COc1cc(CCN)c(OC)c(Cl)c1I. The van der Waals surface area contributed by atoms with Crippen LogP contribution >= 0.6 is 34.2 Å². The van der Waals surface area contributed by atoms with E-state index < -0.39 is 0 Å². The molecule has 0 aromatic heterocycles.